The van der Waals surface area contributed by atoms with Crippen molar-refractivity contribution in [2.24, 2.45) is 0 Å². The van der Waals surface area contributed by atoms with Crippen molar-refractivity contribution >= 4 is 0 Å². The third-order valence-corrected chi connectivity index (χ3v) is 2.82. The molecule has 0 unspecified atom stereocenters. The first-order valence-corrected chi connectivity index (χ1v) is 4.55. The summed E-state index contributed by atoms with van der Waals surface area (Å²) in [7, 11) is 0. The number of hydrogen-bond donors (Lipinski definition) is 0. The van der Waals surface area contributed by atoms with Crippen LogP contribution in [0.4, 0.5) is 0 Å². The van der Waals surface area contributed by atoms with Gasteiger partial charge in [0.15, 0.2) is 0 Å². The van der Waals surface area contributed by atoms with Crippen molar-refractivity contribution in [1.82, 2.24) is 4.98 Å². The quantitative estimate of drug-likeness (QED) is 0.570. The molecule has 0 aromatic carbocycles. The molecule has 0 bridgehead atoms. The van der Waals surface area contributed by atoms with Gasteiger partial charge in [-0.05, 0) is 36.3 Å². The Morgan fingerprint density at radius 2 is 2.17 bits per heavy atom. The number of aromatic nitrogens is 1. The van der Waals surface area contributed by atoms with E-state index in [9.17, 15) is 0 Å². The SMILES string of the molecule is Cc1cnc2c(c1)C(C)(C)CC2. The van der Waals surface area contributed by atoms with Crippen LogP contribution in [0.5, 0.6) is 0 Å². The second-order valence-corrected chi connectivity index (χ2v) is 4.39. The maximum atomic E-state index is 4.45. The molecule has 1 aromatic heterocycles. The minimum absolute atomic E-state index is 0.356. The van der Waals surface area contributed by atoms with Crippen LogP contribution in [0.25, 0.3) is 0 Å². The Hall–Kier alpha value is -0.850. The van der Waals surface area contributed by atoms with Gasteiger partial charge in [-0.25, -0.2) is 0 Å². The summed E-state index contributed by atoms with van der Waals surface area (Å²) in [6.45, 7) is 6.72. The second kappa shape index (κ2) is 2.32. The first kappa shape index (κ1) is 7.78. The Bertz CT molecular complexity index is 313. The molecule has 0 radical (unpaired) electrons. The van der Waals surface area contributed by atoms with E-state index >= 15 is 0 Å². The maximum Gasteiger partial charge on any atom is 0.0441 e. The van der Waals surface area contributed by atoms with Gasteiger partial charge in [0.2, 0.25) is 0 Å². The average Bonchev–Trinajstić information content (AvgIpc) is 2.28. The summed E-state index contributed by atoms with van der Waals surface area (Å²) >= 11 is 0. The highest BCUT2D eigenvalue weighted by Gasteiger charge is 2.30. The number of rotatable bonds is 0. The molecule has 0 fully saturated rings. The molecule has 2 rings (SSSR count). The Morgan fingerprint density at radius 1 is 1.42 bits per heavy atom. The maximum absolute atomic E-state index is 4.45. The van der Waals surface area contributed by atoms with Crippen LogP contribution in [0, 0.1) is 6.92 Å². The summed E-state index contributed by atoms with van der Waals surface area (Å²) in [6.07, 6.45) is 4.38. The largest absolute Gasteiger partial charge is 0.261 e. The Morgan fingerprint density at radius 3 is 2.92 bits per heavy atom. The average molecular weight is 161 g/mol. The van der Waals surface area contributed by atoms with Gasteiger partial charge in [-0.3, -0.25) is 4.98 Å². The van der Waals surface area contributed by atoms with Gasteiger partial charge in [0, 0.05) is 11.9 Å². The number of pyridine rings is 1. The lowest BCUT2D eigenvalue weighted by Crippen LogP contribution is -2.12. The van der Waals surface area contributed by atoms with Crippen molar-refractivity contribution in [3.63, 3.8) is 0 Å². The van der Waals surface area contributed by atoms with E-state index in [0.717, 1.165) is 6.42 Å². The molecule has 0 amide bonds. The van der Waals surface area contributed by atoms with Gasteiger partial charge in [0.1, 0.15) is 0 Å². The monoisotopic (exact) mass is 161 g/mol. The van der Waals surface area contributed by atoms with E-state index in [2.05, 4.69) is 31.8 Å². The molecule has 64 valence electrons. The van der Waals surface area contributed by atoms with Crippen LogP contribution < -0.4 is 0 Å². The lowest BCUT2D eigenvalue weighted by molar-refractivity contribution is 0.522. The highest BCUT2D eigenvalue weighted by molar-refractivity contribution is 5.35. The van der Waals surface area contributed by atoms with Gasteiger partial charge in [-0.15, -0.1) is 0 Å². The molecule has 1 nitrogen and oxygen atoms in total. The van der Waals surface area contributed by atoms with Gasteiger partial charge in [0.05, 0.1) is 0 Å². The molecule has 0 saturated heterocycles. The number of aryl methyl sites for hydroxylation is 2. The lowest BCUT2D eigenvalue weighted by Gasteiger charge is -2.18. The van der Waals surface area contributed by atoms with Crippen molar-refractivity contribution < 1.29 is 0 Å². The Kier molecular flexibility index (Phi) is 1.50. The third kappa shape index (κ3) is 1.04. The zero-order chi connectivity index (χ0) is 8.77. The van der Waals surface area contributed by atoms with Crippen LogP contribution in [0.3, 0.4) is 0 Å². The fraction of sp³-hybridized carbons (Fsp3) is 0.545. The molecular weight excluding hydrogens is 146 g/mol. The summed E-state index contributed by atoms with van der Waals surface area (Å²) in [4.78, 5) is 4.45. The molecule has 0 atom stereocenters. The van der Waals surface area contributed by atoms with E-state index in [1.165, 1.54) is 23.2 Å². The fourth-order valence-electron chi connectivity index (χ4n) is 1.95. The molecular formula is C11H15N. The van der Waals surface area contributed by atoms with E-state index in [4.69, 9.17) is 0 Å². The summed E-state index contributed by atoms with van der Waals surface area (Å²) in [5, 5.41) is 0. The summed E-state index contributed by atoms with van der Waals surface area (Å²) < 4.78 is 0. The predicted octanol–water partition coefficient (Wildman–Crippen LogP) is 2.61. The van der Waals surface area contributed by atoms with Crippen LogP contribution in [0.1, 0.15) is 37.1 Å². The van der Waals surface area contributed by atoms with Crippen LogP contribution in [-0.4, -0.2) is 4.98 Å². The minimum atomic E-state index is 0.356. The molecule has 1 heteroatoms. The summed E-state index contributed by atoms with van der Waals surface area (Å²) in [6, 6.07) is 2.29. The van der Waals surface area contributed by atoms with Crippen LogP contribution in [-0.2, 0) is 11.8 Å². The van der Waals surface area contributed by atoms with E-state index in [1.807, 2.05) is 6.20 Å². The molecule has 0 aliphatic heterocycles. The molecule has 12 heavy (non-hydrogen) atoms. The highest BCUT2D eigenvalue weighted by atomic mass is 14.7. The molecule has 1 aromatic rings. The second-order valence-electron chi connectivity index (χ2n) is 4.39. The van der Waals surface area contributed by atoms with E-state index in [0.29, 0.717) is 5.41 Å². The van der Waals surface area contributed by atoms with Gasteiger partial charge in [0.25, 0.3) is 0 Å². The van der Waals surface area contributed by atoms with Gasteiger partial charge >= 0.3 is 0 Å². The summed E-state index contributed by atoms with van der Waals surface area (Å²) in [5.41, 5.74) is 4.41. The number of fused-ring (bicyclic) bond motifs is 1. The highest BCUT2D eigenvalue weighted by Crippen LogP contribution is 2.37. The smallest absolute Gasteiger partial charge is 0.0441 e. The summed E-state index contributed by atoms with van der Waals surface area (Å²) in [5.74, 6) is 0. The van der Waals surface area contributed by atoms with Gasteiger partial charge < -0.3 is 0 Å². The van der Waals surface area contributed by atoms with Crippen LogP contribution in [0.15, 0.2) is 12.3 Å². The number of nitrogens with zero attached hydrogens (tertiary/aromatic N) is 1. The van der Waals surface area contributed by atoms with E-state index in [1.54, 1.807) is 0 Å². The first-order chi connectivity index (χ1) is 5.59. The number of hydrogen-bond acceptors (Lipinski definition) is 1. The zero-order valence-electron chi connectivity index (χ0n) is 8.02. The van der Waals surface area contributed by atoms with Crippen molar-refractivity contribution in [2.75, 3.05) is 0 Å². The van der Waals surface area contributed by atoms with Crippen molar-refractivity contribution in [2.45, 2.75) is 39.0 Å². The van der Waals surface area contributed by atoms with E-state index in [-0.39, 0.29) is 0 Å². The van der Waals surface area contributed by atoms with E-state index < -0.39 is 0 Å². The van der Waals surface area contributed by atoms with Crippen molar-refractivity contribution in [1.29, 1.82) is 0 Å². The molecule has 0 N–H and O–H groups in total. The van der Waals surface area contributed by atoms with Crippen LogP contribution >= 0.6 is 0 Å². The Balaban J connectivity index is 2.57. The van der Waals surface area contributed by atoms with Crippen molar-refractivity contribution in [3.8, 4) is 0 Å². The molecule has 0 spiro atoms. The Labute approximate surface area is 73.8 Å². The zero-order valence-corrected chi connectivity index (χ0v) is 8.02. The van der Waals surface area contributed by atoms with Crippen LogP contribution in [0.2, 0.25) is 0 Å². The normalized spacial score (nSPS) is 19.2. The first-order valence-electron chi connectivity index (χ1n) is 4.55. The topological polar surface area (TPSA) is 12.9 Å². The van der Waals surface area contributed by atoms with Crippen molar-refractivity contribution in [3.05, 3.63) is 29.1 Å². The lowest BCUT2D eigenvalue weighted by atomic mass is 9.87. The standard InChI is InChI=1S/C11H15N/c1-8-6-9-10(12-7-8)4-5-11(9,2)3/h6-7H,4-5H2,1-3H3. The predicted molar refractivity (Wildman–Crippen MR) is 50.3 cm³/mol. The fourth-order valence-corrected chi connectivity index (χ4v) is 1.95. The third-order valence-electron chi connectivity index (χ3n) is 2.82. The molecule has 1 aliphatic rings. The molecule has 1 heterocycles. The minimum Gasteiger partial charge on any atom is -0.261 e. The van der Waals surface area contributed by atoms with Gasteiger partial charge in [-0.2, -0.15) is 0 Å². The molecule has 1 aliphatic carbocycles. The van der Waals surface area contributed by atoms with Gasteiger partial charge in [-0.1, -0.05) is 19.9 Å². The molecule has 0 saturated carbocycles.